The Labute approximate surface area is 97.1 Å². The minimum absolute atomic E-state index is 0.292. The van der Waals surface area contributed by atoms with E-state index in [0.717, 1.165) is 12.8 Å². The van der Waals surface area contributed by atoms with Crippen LogP contribution in [0, 0.1) is 0 Å². The Morgan fingerprint density at radius 1 is 1.50 bits per heavy atom. The molecule has 0 aromatic heterocycles. The first-order valence-electron chi connectivity index (χ1n) is 5.83. The molecule has 0 bridgehead atoms. The van der Waals surface area contributed by atoms with Crippen molar-refractivity contribution >= 4 is 5.97 Å². The molecule has 0 heterocycles. The molecule has 3 heteroatoms. The van der Waals surface area contributed by atoms with E-state index < -0.39 is 0 Å². The molecule has 0 spiro atoms. The third-order valence-electron chi connectivity index (χ3n) is 2.60. The van der Waals surface area contributed by atoms with Crippen LogP contribution in [0.5, 0.6) is 0 Å². The number of methoxy groups -OCH3 is 1. The third-order valence-corrected chi connectivity index (χ3v) is 2.60. The van der Waals surface area contributed by atoms with Crippen molar-refractivity contribution in [3.63, 3.8) is 0 Å². The predicted molar refractivity (Wildman–Crippen MR) is 63.1 cm³/mol. The predicted octanol–water partition coefficient (Wildman–Crippen LogP) is 2.62. The molecule has 3 nitrogen and oxygen atoms in total. The molecule has 0 fully saturated rings. The van der Waals surface area contributed by atoms with Crippen LogP contribution in [0.1, 0.15) is 32.6 Å². The average molecular weight is 224 g/mol. The van der Waals surface area contributed by atoms with Crippen molar-refractivity contribution < 1.29 is 14.3 Å². The minimum atomic E-state index is -0.292. The second-order valence-corrected chi connectivity index (χ2v) is 3.82. The molecule has 0 aromatic carbocycles. The number of ether oxygens (including phenoxy) is 2. The summed E-state index contributed by atoms with van der Waals surface area (Å²) < 4.78 is 10.0. The molecule has 0 atom stereocenters. The van der Waals surface area contributed by atoms with Gasteiger partial charge in [0.2, 0.25) is 0 Å². The number of hydrogen-bond acceptors (Lipinski definition) is 3. The van der Waals surface area contributed by atoms with E-state index in [-0.39, 0.29) is 5.97 Å². The van der Waals surface area contributed by atoms with Crippen LogP contribution >= 0.6 is 0 Å². The van der Waals surface area contributed by atoms with Gasteiger partial charge in [0.05, 0.1) is 19.3 Å². The molecule has 0 N–H and O–H groups in total. The first-order valence-corrected chi connectivity index (χ1v) is 5.83. The molecule has 0 saturated carbocycles. The van der Waals surface area contributed by atoms with E-state index in [4.69, 9.17) is 9.47 Å². The number of rotatable bonds is 5. The zero-order valence-electron chi connectivity index (χ0n) is 10.1. The van der Waals surface area contributed by atoms with Gasteiger partial charge >= 0.3 is 5.97 Å². The van der Waals surface area contributed by atoms with Crippen molar-refractivity contribution in [3.05, 3.63) is 23.3 Å². The summed E-state index contributed by atoms with van der Waals surface area (Å²) in [4.78, 5) is 11.5. The highest BCUT2D eigenvalue weighted by Gasteiger charge is 2.11. The Kier molecular flexibility index (Phi) is 5.86. The highest BCUT2D eigenvalue weighted by atomic mass is 16.5. The van der Waals surface area contributed by atoms with E-state index in [2.05, 4.69) is 6.08 Å². The molecule has 0 unspecified atom stereocenters. The van der Waals surface area contributed by atoms with Crippen LogP contribution in [-0.2, 0) is 14.3 Å². The molecule has 16 heavy (non-hydrogen) atoms. The monoisotopic (exact) mass is 224 g/mol. The highest BCUT2D eigenvalue weighted by Crippen LogP contribution is 2.19. The van der Waals surface area contributed by atoms with Gasteiger partial charge in [0.1, 0.15) is 0 Å². The van der Waals surface area contributed by atoms with Gasteiger partial charge in [-0.15, -0.1) is 0 Å². The van der Waals surface area contributed by atoms with E-state index in [1.54, 1.807) is 0 Å². The normalized spacial score (nSPS) is 16.9. The standard InChI is InChI=1S/C13H20O3/c1-3-16-10-12(13(14)15-2)9-11-7-5-4-6-8-11/h7,9H,3-6,8,10H2,1-2H3. The number of carbonyl (C=O) groups is 1. The van der Waals surface area contributed by atoms with Crippen molar-refractivity contribution in [2.24, 2.45) is 0 Å². The van der Waals surface area contributed by atoms with E-state index in [1.807, 2.05) is 13.0 Å². The Morgan fingerprint density at radius 3 is 2.88 bits per heavy atom. The van der Waals surface area contributed by atoms with E-state index >= 15 is 0 Å². The summed E-state index contributed by atoms with van der Waals surface area (Å²) in [5.74, 6) is -0.292. The van der Waals surface area contributed by atoms with Crippen LogP contribution in [0.4, 0.5) is 0 Å². The van der Waals surface area contributed by atoms with Crippen LogP contribution in [-0.4, -0.2) is 26.3 Å². The molecular formula is C13H20O3. The minimum Gasteiger partial charge on any atom is -0.466 e. The fraction of sp³-hybridized carbons (Fsp3) is 0.615. The molecule has 90 valence electrons. The van der Waals surface area contributed by atoms with Gasteiger partial charge in [0.25, 0.3) is 0 Å². The van der Waals surface area contributed by atoms with Gasteiger partial charge in [-0.1, -0.05) is 11.6 Å². The summed E-state index contributed by atoms with van der Waals surface area (Å²) in [6.07, 6.45) is 8.71. The van der Waals surface area contributed by atoms with Crippen LogP contribution < -0.4 is 0 Å². The second kappa shape index (κ2) is 7.23. The number of esters is 1. The average Bonchev–Trinajstić information content (AvgIpc) is 2.34. The molecule has 1 rings (SSSR count). The Hall–Kier alpha value is -1.09. The molecule has 0 radical (unpaired) electrons. The largest absolute Gasteiger partial charge is 0.466 e. The molecule has 0 aliphatic heterocycles. The fourth-order valence-corrected chi connectivity index (χ4v) is 1.72. The lowest BCUT2D eigenvalue weighted by Crippen LogP contribution is -2.11. The first-order chi connectivity index (χ1) is 7.77. The van der Waals surface area contributed by atoms with Gasteiger partial charge < -0.3 is 9.47 Å². The number of allylic oxidation sites excluding steroid dienone is 3. The Bertz CT molecular complexity index is 290. The van der Waals surface area contributed by atoms with Gasteiger partial charge in [-0.05, 0) is 38.7 Å². The van der Waals surface area contributed by atoms with Crippen LogP contribution in [0.25, 0.3) is 0 Å². The smallest absolute Gasteiger partial charge is 0.336 e. The van der Waals surface area contributed by atoms with Crippen LogP contribution in [0.2, 0.25) is 0 Å². The van der Waals surface area contributed by atoms with Gasteiger partial charge in [-0.2, -0.15) is 0 Å². The second-order valence-electron chi connectivity index (χ2n) is 3.82. The van der Waals surface area contributed by atoms with E-state index in [0.29, 0.717) is 18.8 Å². The molecule has 1 aliphatic carbocycles. The van der Waals surface area contributed by atoms with E-state index in [9.17, 15) is 4.79 Å². The Balaban J connectivity index is 2.69. The van der Waals surface area contributed by atoms with Crippen molar-refractivity contribution in [1.29, 1.82) is 0 Å². The molecule has 0 saturated heterocycles. The fourth-order valence-electron chi connectivity index (χ4n) is 1.72. The summed E-state index contributed by atoms with van der Waals surface area (Å²) >= 11 is 0. The zero-order valence-corrected chi connectivity index (χ0v) is 10.1. The van der Waals surface area contributed by atoms with Crippen molar-refractivity contribution in [2.75, 3.05) is 20.3 Å². The van der Waals surface area contributed by atoms with Crippen molar-refractivity contribution in [2.45, 2.75) is 32.6 Å². The third kappa shape index (κ3) is 4.19. The SMILES string of the molecule is CCOCC(=CC1=CCCCC1)C(=O)OC. The highest BCUT2D eigenvalue weighted by molar-refractivity contribution is 5.89. The summed E-state index contributed by atoms with van der Waals surface area (Å²) in [5.41, 5.74) is 1.84. The Morgan fingerprint density at radius 2 is 2.31 bits per heavy atom. The maximum atomic E-state index is 11.5. The lowest BCUT2D eigenvalue weighted by atomic mass is 9.98. The topological polar surface area (TPSA) is 35.5 Å². The number of hydrogen-bond donors (Lipinski definition) is 0. The van der Waals surface area contributed by atoms with Gasteiger partial charge in [0.15, 0.2) is 0 Å². The van der Waals surface area contributed by atoms with Gasteiger partial charge in [0, 0.05) is 6.61 Å². The molecule has 1 aliphatic rings. The van der Waals surface area contributed by atoms with Crippen molar-refractivity contribution in [1.82, 2.24) is 0 Å². The number of carbonyl (C=O) groups excluding carboxylic acids is 1. The van der Waals surface area contributed by atoms with Crippen molar-refractivity contribution in [3.8, 4) is 0 Å². The van der Waals surface area contributed by atoms with E-state index in [1.165, 1.54) is 25.5 Å². The van der Waals surface area contributed by atoms with Gasteiger partial charge in [-0.3, -0.25) is 0 Å². The van der Waals surface area contributed by atoms with Crippen LogP contribution in [0.15, 0.2) is 23.3 Å². The van der Waals surface area contributed by atoms with Crippen LogP contribution in [0.3, 0.4) is 0 Å². The van der Waals surface area contributed by atoms with Gasteiger partial charge in [-0.25, -0.2) is 4.79 Å². The molecule has 0 aromatic rings. The quantitative estimate of drug-likeness (QED) is 0.532. The lowest BCUT2D eigenvalue weighted by Gasteiger charge is -2.11. The summed E-state index contributed by atoms with van der Waals surface area (Å²) in [6.45, 7) is 2.85. The molecule has 0 amide bonds. The summed E-state index contributed by atoms with van der Waals surface area (Å²) in [7, 11) is 1.40. The summed E-state index contributed by atoms with van der Waals surface area (Å²) in [6, 6.07) is 0. The first kappa shape index (κ1) is 13.0. The summed E-state index contributed by atoms with van der Waals surface area (Å²) in [5, 5.41) is 0. The maximum absolute atomic E-state index is 11.5. The maximum Gasteiger partial charge on any atom is 0.336 e. The zero-order chi connectivity index (χ0) is 11.8. The lowest BCUT2D eigenvalue weighted by molar-refractivity contribution is -0.136. The molecular weight excluding hydrogens is 204 g/mol.